The Hall–Kier alpha value is -3.04. The van der Waals surface area contributed by atoms with Crippen LogP contribution in [0.5, 0.6) is 0 Å². The predicted molar refractivity (Wildman–Crippen MR) is 167 cm³/mol. The second-order valence-corrected chi connectivity index (χ2v) is 18.2. The van der Waals surface area contributed by atoms with Gasteiger partial charge in [0.25, 0.3) is 5.91 Å². The van der Waals surface area contributed by atoms with Crippen molar-refractivity contribution in [3.63, 3.8) is 0 Å². The van der Waals surface area contributed by atoms with Crippen molar-refractivity contribution >= 4 is 42.8 Å². The SMILES string of the molecule is Cc1cccc(C(=O)Nc2cc3cn(C4CCC(C=O)CC4)nc3cc2N2CCC(O[Si](C)(C)C(C)(C)C)CC2)n1. The van der Waals surface area contributed by atoms with Gasteiger partial charge in [-0.05, 0) is 87.8 Å². The van der Waals surface area contributed by atoms with Gasteiger partial charge in [-0.1, -0.05) is 26.8 Å². The summed E-state index contributed by atoms with van der Waals surface area (Å²) in [5.41, 5.74) is 3.89. The van der Waals surface area contributed by atoms with E-state index in [4.69, 9.17) is 9.52 Å². The number of hydrogen-bond donors (Lipinski definition) is 1. The molecule has 8 nitrogen and oxygen atoms in total. The van der Waals surface area contributed by atoms with Gasteiger partial charge in [0.05, 0.1) is 22.9 Å². The van der Waals surface area contributed by atoms with Crippen molar-refractivity contribution in [1.82, 2.24) is 14.8 Å². The molecule has 1 aliphatic carbocycles. The number of amides is 1. The molecule has 0 unspecified atom stereocenters. The largest absolute Gasteiger partial charge is 0.414 e. The van der Waals surface area contributed by atoms with Gasteiger partial charge in [-0.2, -0.15) is 5.10 Å². The van der Waals surface area contributed by atoms with E-state index in [0.717, 1.165) is 85.9 Å². The summed E-state index contributed by atoms with van der Waals surface area (Å²) in [6.07, 6.45) is 9.07. The molecule has 0 radical (unpaired) electrons. The molecule has 3 heterocycles. The number of hydrogen-bond acceptors (Lipinski definition) is 6. The Labute approximate surface area is 245 Å². The van der Waals surface area contributed by atoms with Gasteiger partial charge in [-0.25, -0.2) is 4.98 Å². The molecule has 3 aromatic rings. The highest BCUT2D eigenvalue weighted by atomic mass is 28.4. The number of benzene rings is 1. The van der Waals surface area contributed by atoms with Crippen molar-refractivity contribution in [2.24, 2.45) is 5.92 Å². The molecule has 1 amide bonds. The third-order valence-corrected chi connectivity index (χ3v) is 13.9. The molecule has 5 rings (SSSR count). The van der Waals surface area contributed by atoms with E-state index >= 15 is 0 Å². The highest BCUT2D eigenvalue weighted by Gasteiger charge is 2.40. The van der Waals surface area contributed by atoms with Crippen LogP contribution in [-0.4, -0.2) is 54.5 Å². The minimum atomic E-state index is -1.84. The summed E-state index contributed by atoms with van der Waals surface area (Å²) in [5.74, 6) is -0.0477. The summed E-state index contributed by atoms with van der Waals surface area (Å²) < 4.78 is 8.82. The summed E-state index contributed by atoms with van der Waals surface area (Å²) >= 11 is 0. The summed E-state index contributed by atoms with van der Waals surface area (Å²) in [6, 6.07) is 9.96. The second-order valence-electron chi connectivity index (χ2n) is 13.4. The molecule has 2 fully saturated rings. The van der Waals surface area contributed by atoms with E-state index in [2.05, 4.69) is 72.1 Å². The predicted octanol–water partition coefficient (Wildman–Crippen LogP) is 6.91. The van der Waals surface area contributed by atoms with Crippen LogP contribution in [0.25, 0.3) is 10.9 Å². The van der Waals surface area contributed by atoms with Crippen molar-refractivity contribution < 1.29 is 14.0 Å². The van der Waals surface area contributed by atoms with E-state index in [1.54, 1.807) is 6.07 Å². The number of anilines is 2. The van der Waals surface area contributed by atoms with Gasteiger partial charge in [0, 0.05) is 42.4 Å². The van der Waals surface area contributed by atoms with Gasteiger partial charge in [0.15, 0.2) is 8.32 Å². The summed E-state index contributed by atoms with van der Waals surface area (Å²) in [7, 11) is -1.84. The first-order valence-corrected chi connectivity index (χ1v) is 18.0. The lowest BCUT2D eigenvalue weighted by Crippen LogP contribution is -2.47. The Kier molecular flexibility index (Phi) is 8.39. The Morgan fingerprint density at radius 1 is 1.07 bits per heavy atom. The first kappa shape index (κ1) is 29.4. The Morgan fingerprint density at radius 2 is 1.78 bits per heavy atom. The van der Waals surface area contributed by atoms with E-state index in [9.17, 15) is 9.59 Å². The lowest BCUT2D eigenvalue weighted by atomic mass is 9.87. The highest BCUT2D eigenvalue weighted by molar-refractivity contribution is 6.74. The maximum absolute atomic E-state index is 13.3. The van der Waals surface area contributed by atoms with Gasteiger partial charge in [-0.3, -0.25) is 9.48 Å². The zero-order valence-corrected chi connectivity index (χ0v) is 26.4. The molecule has 0 atom stereocenters. The topological polar surface area (TPSA) is 89.4 Å². The molecule has 1 saturated carbocycles. The number of aldehydes is 1. The van der Waals surface area contributed by atoms with Crippen LogP contribution < -0.4 is 10.2 Å². The van der Waals surface area contributed by atoms with Crippen LogP contribution in [0.15, 0.2) is 36.5 Å². The number of aromatic nitrogens is 3. The first-order valence-electron chi connectivity index (χ1n) is 15.1. The van der Waals surface area contributed by atoms with Crippen LogP contribution in [0.2, 0.25) is 18.1 Å². The lowest BCUT2D eigenvalue weighted by molar-refractivity contribution is -0.112. The molecule has 1 aliphatic heterocycles. The maximum Gasteiger partial charge on any atom is 0.274 e. The molecule has 2 aromatic heterocycles. The van der Waals surface area contributed by atoms with Crippen molar-refractivity contribution in [3.8, 4) is 0 Å². The van der Waals surface area contributed by atoms with Crippen LogP contribution in [0.3, 0.4) is 0 Å². The molecular weight excluding hydrogens is 530 g/mol. The smallest absolute Gasteiger partial charge is 0.274 e. The van der Waals surface area contributed by atoms with Crippen molar-refractivity contribution in [2.45, 2.75) is 96.5 Å². The van der Waals surface area contributed by atoms with Crippen LogP contribution in [0, 0.1) is 12.8 Å². The van der Waals surface area contributed by atoms with Gasteiger partial charge in [-0.15, -0.1) is 0 Å². The molecule has 9 heteroatoms. The number of pyridine rings is 1. The normalized spacial score (nSPS) is 20.8. The fourth-order valence-electron chi connectivity index (χ4n) is 5.79. The molecule has 1 N–H and O–H groups in total. The summed E-state index contributed by atoms with van der Waals surface area (Å²) in [5, 5.41) is 9.33. The third-order valence-electron chi connectivity index (χ3n) is 9.37. The fourth-order valence-corrected chi connectivity index (χ4v) is 7.22. The van der Waals surface area contributed by atoms with Crippen molar-refractivity contribution in [2.75, 3.05) is 23.3 Å². The summed E-state index contributed by atoms with van der Waals surface area (Å²) in [6.45, 7) is 15.1. The standard InChI is InChI=1S/C32H45N5O3Si/c1-22-8-7-9-27(33-22)31(39)34-29-18-24-20-37(25-12-10-23(21-38)11-13-25)35-28(24)19-30(29)36-16-14-26(15-17-36)40-41(5,6)32(2,3)4/h7-9,18-21,23,25-26H,10-17H2,1-6H3,(H,34,39). The maximum atomic E-state index is 13.3. The monoisotopic (exact) mass is 575 g/mol. The van der Waals surface area contributed by atoms with Crippen LogP contribution in [0.1, 0.15) is 81.5 Å². The molecule has 41 heavy (non-hydrogen) atoms. The Balaban J connectivity index is 1.41. The van der Waals surface area contributed by atoms with Crippen LogP contribution in [-0.2, 0) is 9.22 Å². The number of carbonyl (C=O) groups is 2. The third kappa shape index (κ3) is 6.56. The highest BCUT2D eigenvalue weighted by Crippen LogP contribution is 2.40. The Morgan fingerprint density at radius 3 is 2.41 bits per heavy atom. The number of fused-ring (bicyclic) bond motifs is 1. The van der Waals surface area contributed by atoms with E-state index in [1.807, 2.05) is 19.1 Å². The van der Waals surface area contributed by atoms with E-state index in [1.165, 1.54) is 0 Å². The van der Waals surface area contributed by atoms with Gasteiger partial charge in [0.2, 0.25) is 0 Å². The van der Waals surface area contributed by atoms with E-state index in [-0.39, 0.29) is 23.0 Å². The molecule has 220 valence electrons. The number of rotatable bonds is 7. The van der Waals surface area contributed by atoms with Gasteiger partial charge >= 0.3 is 0 Å². The van der Waals surface area contributed by atoms with E-state index < -0.39 is 8.32 Å². The average molecular weight is 576 g/mol. The molecule has 0 bridgehead atoms. The second kappa shape index (κ2) is 11.7. The molecule has 0 spiro atoms. The zero-order valence-electron chi connectivity index (χ0n) is 25.4. The molecule has 1 aromatic carbocycles. The molecule has 2 aliphatic rings. The number of nitrogens with one attached hydrogen (secondary N) is 1. The van der Waals surface area contributed by atoms with Crippen molar-refractivity contribution in [3.05, 3.63) is 47.9 Å². The average Bonchev–Trinajstić information content (AvgIpc) is 3.35. The number of carbonyl (C=O) groups excluding carboxylic acids is 2. The number of piperidine rings is 1. The Bertz CT molecular complexity index is 1400. The van der Waals surface area contributed by atoms with E-state index in [0.29, 0.717) is 11.7 Å². The van der Waals surface area contributed by atoms with Crippen LogP contribution >= 0.6 is 0 Å². The fraction of sp³-hybridized carbons (Fsp3) is 0.562. The first-order chi connectivity index (χ1) is 19.4. The number of nitrogens with zero attached hydrogens (tertiary/aromatic N) is 4. The molecular formula is C32H45N5O3Si. The summed E-state index contributed by atoms with van der Waals surface area (Å²) in [4.78, 5) is 31.3. The van der Waals surface area contributed by atoms with Crippen LogP contribution in [0.4, 0.5) is 11.4 Å². The number of aryl methyl sites for hydroxylation is 1. The van der Waals surface area contributed by atoms with Crippen molar-refractivity contribution in [1.29, 1.82) is 0 Å². The quantitative estimate of drug-likeness (QED) is 0.243. The minimum Gasteiger partial charge on any atom is -0.414 e. The zero-order chi connectivity index (χ0) is 29.4. The minimum absolute atomic E-state index is 0.170. The van der Waals surface area contributed by atoms with Gasteiger partial charge in [0.1, 0.15) is 12.0 Å². The van der Waals surface area contributed by atoms with Gasteiger partial charge < -0.3 is 19.4 Å². The lowest BCUT2D eigenvalue weighted by Gasteiger charge is -2.42. The molecule has 1 saturated heterocycles.